The van der Waals surface area contributed by atoms with Crippen molar-refractivity contribution < 1.29 is 4.52 Å². The molecule has 0 aliphatic carbocycles. The predicted molar refractivity (Wildman–Crippen MR) is 81.4 cm³/mol. The molecule has 3 rings (SSSR count). The second-order valence-corrected chi connectivity index (χ2v) is 5.74. The average molecular weight is 286 g/mol. The fourth-order valence-corrected chi connectivity index (χ4v) is 2.92. The maximum atomic E-state index is 6.15. The SMILES string of the molecule is CCC1CN(Cc2noc(-c3ccccc3)n2)CCC1N. The summed E-state index contributed by atoms with van der Waals surface area (Å²) >= 11 is 0. The zero-order valence-corrected chi connectivity index (χ0v) is 12.4. The number of rotatable bonds is 4. The molecule has 5 nitrogen and oxygen atoms in total. The third kappa shape index (κ3) is 3.31. The van der Waals surface area contributed by atoms with Gasteiger partial charge in [-0.15, -0.1) is 0 Å². The van der Waals surface area contributed by atoms with Crippen LogP contribution in [0.3, 0.4) is 0 Å². The van der Waals surface area contributed by atoms with E-state index in [2.05, 4.69) is 22.0 Å². The Morgan fingerprint density at radius 3 is 2.90 bits per heavy atom. The maximum absolute atomic E-state index is 6.15. The summed E-state index contributed by atoms with van der Waals surface area (Å²) in [5, 5.41) is 4.10. The van der Waals surface area contributed by atoms with Gasteiger partial charge >= 0.3 is 0 Å². The highest BCUT2D eigenvalue weighted by molar-refractivity contribution is 5.51. The molecule has 112 valence electrons. The van der Waals surface area contributed by atoms with Crippen molar-refractivity contribution in [1.29, 1.82) is 0 Å². The van der Waals surface area contributed by atoms with Crippen molar-refractivity contribution >= 4 is 0 Å². The second-order valence-electron chi connectivity index (χ2n) is 5.74. The molecule has 1 aromatic heterocycles. The third-order valence-corrected chi connectivity index (χ3v) is 4.26. The molecule has 2 unspecified atom stereocenters. The highest BCUT2D eigenvalue weighted by Gasteiger charge is 2.26. The largest absolute Gasteiger partial charge is 0.334 e. The molecule has 1 saturated heterocycles. The van der Waals surface area contributed by atoms with Crippen LogP contribution in [0.2, 0.25) is 0 Å². The summed E-state index contributed by atoms with van der Waals surface area (Å²) in [5.41, 5.74) is 7.11. The summed E-state index contributed by atoms with van der Waals surface area (Å²) in [6.45, 7) is 4.97. The molecule has 1 fully saturated rings. The van der Waals surface area contributed by atoms with Crippen LogP contribution in [-0.2, 0) is 6.54 Å². The highest BCUT2D eigenvalue weighted by Crippen LogP contribution is 2.21. The van der Waals surface area contributed by atoms with Gasteiger partial charge in [0.2, 0.25) is 0 Å². The molecule has 0 spiro atoms. The number of likely N-dealkylation sites (tertiary alicyclic amines) is 1. The number of hydrogen-bond donors (Lipinski definition) is 1. The second kappa shape index (κ2) is 6.37. The molecule has 0 amide bonds. The minimum absolute atomic E-state index is 0.330. The Kier molecular flexibility index (Phi) is 4.31. The first-order chi connectivity index (χ1) is 10.3. The van der Waals surface area contributed by atoms with Crippen molar-refractivity contribution in [1.82, 2.24) is 15.0 Å². The molecule has 2 heterocycles. The van der Waals surface area contributed by atoms with Crippen LogP contribution in [0, 0.1) is 5.92 Å². The quantitative estimate of drug-likeness (QED) is 0.934. The molecule has 2 N–H and O–H groups in total. The van der Waals surface area contributed by atoms with Crippen molar-refractivity contribution in [2.45, 2.75) is 32.4 Å². The first-order valence-electron chi connectivity index (χ1n) is 7.62. The van der Waals surface area contributed by atoms with E-state index in [0.717, 1.165) is 43.9 Å². The Balaban J connectivity index is 1.65. The van der Waals surface area contributed by atoms with E-state index in [9.17, 15) is 0 Å². The van der Waals surface area contributed by atoms with Gasteiger partial charge in [-0.1, -0.05) is 36.7 Å². The van der Waals surface area contributed by atoms with Gasteiger partial charge in [0.15, 0.2) is 5.82 Å². The van der Waals surface area contributed by atoms with E-state index in [1.807, 2.05) is 30.3 Å². The number of piperidine rings is 1. The van der Waals surface area contributed by atoms with E-state index in [1.165, 1.54) is 0 Å². The Hall–Kier alpha value is -1.72. The fourth-order valence-electron chi connectivity index (χ4n) is 2.92. The monoisotopic (exact) mass is 286 g/mol. The lowest BCUT2D eigenvalue weighted by Gasteiger charge is -2.35. The molecule has 0 saturated carbocycles. The lowest BCUT2D eigenvalue weighted by Crippen LogP contribution is -2.46. The molecule has 1 aliphatic rings. The van der Waals surface area contributed by atoms with E-state index in [4.69, 9.17) is 10.3 Å². The van der Waals surface area contributed by atoms with Crippen LogP contribution in [-0.4, -0.2) is 34.2 Å². The van der Waals surface area contributed by atoms with Gasteiger partial charge in [-0.2, -0.15) is 4.98 Å². The number of hydrogen-bond acceptors (Lipinski definition) is 5. The third-order valence-electron chi connectivity index (χ3n) is 4.26. The lowest BCUT2D eigenvalue weighted by atomic mass is 9.91. The lowest BCUT2D eigenvalue weighted by molar-refractivity contribution is 0.141. The van der Waals surface area contributed by atoms with Crippen molar-refractivity contribution in [3.8, 4) is 11.5 Å². The summed E-state index contributed by atoms with van der Waals surface area (Å²) in [4.78, 5) is 6.87. The van der Waals surface area contributed by atoms with Gasteiger partial charge in [0.25, 0.3) is 5.89 Å². The number of benzene rings is 1. The van der Waals surface area contributed by atoms with Crippen LogP contribution in [0.4, 0.5) is 0 Å². The van der Waals surface area contributed by atoms with Gasteiger partial charge in [-0.05, 0) is 24.5 Å². The molecule has 2 aromatic rings. The zero-order chi connectivity index (χ0) is 14.7. The minimum Gasteiger partial charge on any atom is -0.334 e. The first kappa shape index (κ1) is 14.2. The van der Waals surface area contributed by atoms with Gasteiger partial charge < -0.3 is 10.3 Å². The molecule has 0 radical (unpaired) electrons. The van der Waals surface area contributed by atoms with Crippen LogP contribution in [0.5, 0.6) is 0 Å². The Morgan fingerprint density at radius 2 is 2.14 bits per heavy atom. The summed E-state index contributed by atoms with van der Waals surface area (Å²) < 4.78 is 5.35. The number of nitrogens with two attached hydrogens (primary N) is 1. The smallest absolute Gasteiger partial charge is 0.257 e. The van der Waals surface area contributed by atoms with E-state index in [-0.39, 0.29) is 0 Å². The summed E-state index contributed by atoms with van der Waals surface area (Å²) in [5.74, 6) is 1.91. The summed E-state index contributed by atoms with van der Waals surface area (Å²) in [6, 6.07) is 10.2. The predicted octanol–water partition coefficient (Wildman–Crippen LogP) is 2.30. The van der Waals surface area contributed by atoms with Crippen LogP contribution in [0.15, 0.2) is 34.9 Å². The van der Waals surface area contributed by atoms with E-state index >= 15 is 0 Å². The van der Waals surface area contributed by atoms with E-state index in [0.29, 0.717) is 17.9 Å². The Bertz CT molecular complexity index is 569. The topological polar surface area (TPSA) is 68.2 Å². The molecular weight excluding hydrogens is 264 g/mol. The molecular formula is C16H22N4O. The summed E-state index contributed by atoms with van der Waals surface area (Å²) in [6.07, 6.45) is 2.17. The fraction of sp³-hybridized carbons (Fsp3) is 0.500. The molecule has 1 aromatic carbocycles. The van der Waals surface area contributed by atoms with Crippen molar-refractivity contribution in [3.05, 3.63) is 36.2 Å². The summed E-state index contributed by atoms with van der Waals surface area (Å²) in [7, 11) is 0. The normalized spacial score (nSPS) is 23.3. The van der Waals surface area contributed by atoms with Gasteiger partial charge in [-0.3, -0.25) is 4.90 Å². The molecule has 2 atom stereocenters. The highest BCUT2D eigenvalue weighted by atomic mass is 16.5. The average Bonchev–Trinajstić information content (AvgIpc) is 2.98. The Labute approximate surface area is 125 Å². The molecule has 1 aliphatic heterocycles. The van der Waals surface area contributed by atoms with Crippen LogP contribution in [0.1, 0.15) is 25.6 Å². The van der Waals surface area contributed by atoms with Crippen LogP contribution in [0.25, 0.3) is 11.5 Å². The van der Waals surface area contributed by atoms with E-state index < -0.39 is 0 Å². The maximum Gasteiger partial charge on any atom is 0.257 e. The van der Waals surface area contributed by atoms with Crippen molar-refractivity contribution in [2.24, 2.45) is 11.7 Å². The first-order valence-corrected chi connectivity index (χ1v) is 7.62. The molecule has 0 bridgehead atoms. The van der Waals surface area contributed by atoms with Gasteiger partial charge in [0, 0.05) is 24.7 Å². The van der Waals surface area contributed by atoms with Gasteiger partial charge in [-0.25, -0.2) is 0 Å². The Morgan fingerprint density at radius 1 is 1.33 bits per heavy atom. The minimum atomic E-state index is 0.330. The van der Waals surface area contributed by atoms with Gasteiger partial charge in [0.1, 0.15) is 0 Å². The van der Waals surface area contributed by atoms with Crippen molar-refractivity contribution in [2.75, 3.05) is 13.1 Å². The number of aromatic nitrogens is 2. The van der Waals surface area contributed by atoms with Gasteiger partial charge in [0.05, 0.1) is 6.54 Å². The molecule has 5 heteroatoms. The van der Waals surface area contributed by atoms with Crippen LogP contribution < -0.4 is 5.73 Å². The van der Waals surface area contributed by atoms with Crippen LogP contribution >= 0.6 is 0 Å². The standard InChI is InChI=1S/C16H22N4O/c1-2-12-10-20(9-8-14(12)17)11-15-18-16(21-19-15)13-6-4-3-5-7-13/h3-7,12,14H,2,8-11,17H2,1H3. The van der Waals surface area contributed by atoms with Crippen molar-refractivity contribution in [3.63, 3.8) is 0 Å². The zero-order valence-electron chi connectivity index (χ0n) is 12.4. The number of nitrogens with zero attached hydrogens (tertiary/aromatic N) is 3. The molecule has 21 heavy (non-hydrogen) atoms. The van der Waals surface area contributed by atoms with E-state index in [1.54, 1.807) is 0 Å².